The molecule has 0 saturated carbocycles. The molecule has 0 saturated heterocycles. The summed E-state index contributed by atoms with van der Waals surface area (Å²) >= 11 is 0. The monoisotopic (exact) mass is 251 g/mol. The van der Waals surface area contributed by atoms with E-state index in [0.717, 1.165) is 31.8 Å². The molecule has 1 heterocycles. The Morgan fingerprint density at radius 2 is 1.94 bits per heavy atom. The van der Waals surface area contributed by atoms with Crippen LogP contribution in [0.1, 0.15) is 57.5 Å². The van der Waals surface area contributed by atoms with Crippen LogP contribution in [0.4, 0.5) is 0 Å². The molecule has 0 fully saturated rings. The van der Waals surface area contributed by atoms with Crippen molar-refractivity contribution in [3.05, 3.63) is 17.0 Å². The first-order chi connectivity index (χ1) is 8.63. The Hall–Kier alpha value is -0.830. The molecule has 3 heteroatoms. The van der Waals surface area contributed by atoms with Crippen molar-refractivity contribution in [2.24, 2.45) is 5.92 Å². The van der Waals surface area contributed by atoms with Gasteiger partial charge in [-0.15, -0.1) is 0 Å². The largest absolute Gasteiger partial charge is 0.316 e. The van der Waals surface area contributed by atoms with E-state index >= 15 is 0 Å². The fraction of sp³-hybridized carbons (Fsp3) is 0.800. The summed E-state index contributed by atoms with van der Waals surface area (Å²) in [7, 11) is 2.01. The van der Waals surface area contributed by atoms with E-state index in [2.05, 4.69) is 37.7 Å². The van der Waals surface area contributed by atoms with Crippen LogP contribution < -0.4 is 5.32 Å². The van der Waals surface area contributed by atoms with Crippen LogP contribution >= 0.6 is 0 Å². The second-order valence-electron chi connectivity index (χ2n) is 5.37. The number of aryl methyl sites for hydroxylation is 2. The van der Waals surface area contributed by atoms with E-state index in [0.29, 0.717) is 0 Å². The van der Waals surface area contributed by atoms with Crippen LogP contribution in [0, 0.1) is 5.92 Å². The van der Waals surface area contributed by atoms with Crippen LogP contribution in [-0.4, -0.2) is 16.8 Å². The molecule has 0 amide bonds. The van der Waals surface area contributed by atoms with Crippen molar-refractivity contribution in [1.82, 2.24) is 15.1 Å². The third-order valence-corrected chi connectivity index (χ3v) is 3.42. The fourth-order valence-electron chi connectivity index (χ4n) is 2.48. The van der Waals surface area contributed by atoms with Gasteiger partial charge in [-0.1, -0.05) is 27.7 Å². The van der Waals surface area contributed by atoms with Gasteiger partial charge in [0, 0.05) is 24.3 Å². The van der Waals surface area contributed by atoms with Gasteiger partial charge in [-0.2, -0.15) is 5.10 Å². The van der Waals surface area contributed by atoms with Gasteiger partial charge in [-0.05, 0) is 38.6 Å². The van der Waals surface area contributed by atoms with E-state index in [1.165, 1.54) is 29.8 Å². The molecule has 0 bridgehead atoms. The van der Waals surface area contributed by atoms with Crippen molar-refractivity contribution >= 4 is 0 Å². The minimum Gasteiger partial charge on any atom is -0.316 e. The summed E-state index contributed by atoms with van der Waals surface area (Å²) in [6.07, 6.45) is 4.62. The van der Waals surface area contributed by atoms with Gasteiger partial charge in [0.25, 0.3) is 0 Å². The number of nitrogens with one attached hydrogen (secondary N) is 1. The number of rotatable bonds is 8. The van der Waals surface area contributed by atoms with E-state index in [1.54, 1.807) is 0 Å². The quantitative estimate of drug-likeness (QED) is 0.769. The Morgan fingerprint density at radius 3 is 2.44 bits per heavy atom. The maximum Gasteiger partial charge on any atom is 0.0669 e. The Morgan fingerprint density at radius 1 is 1.22 bits per heavy atom. The smallest absolute Gasteiger partial charge is 0.0669 e. The summed E-state index contributed by atoms with van der Waals surface area (Å²) in [5.41, 5.74) is 4.11. The molecule has 0 aliphatic rings. The minimum atomic E-state index is 0.785. The molecular weight excluding hydrogens is 222 g/mol. The molecule has 0 aromatic carbocycles. The van der Waals surface area contributed by atoms with E-state index < -0.39 is 0 Å². The van der Waals surface area contributed by atoms with Crippen LogP contribution in [-0.2, 0) is 25.9 Å². The molecule has 1 N–H and O–H groups in total. The topological polar surface area (TPSA) is 29.9 Å². The average molecular weight is 251 g/mol. The van der Waals surface area contributed by atoms with Crippen molar-refractivity contribution in [2.45, 2.75) is 66.5 Å². The molecule has 18 heavy (non-hydrogen) atoms. The summed E-state index contributed by atoms with van der Waals surface area (Å²) in [5.74, 6) is 0.785. The first kappa shape index (κ1) is 15.2. The third-order valence-electron chi connectivity index (χ3n) is 3.42. The van der Waals surface area contributed by atoms with Crippen LogP contribution in [0.5, 0.6) is 0 Å². The van der Waals surface area contributed by atoms with Crippen LogP contribution in [0.25, 0.3) is 0 Å². The number of hydrogen-bond donors (Lipinski definition) is 1. The molecule has 0 radical (unpaired) electrons. The summed E-state index contributed by atoms with van der Waals surface area (Å²) in [6, 6.07) is 0. The van der Waals surface area contributed by atoms with Crippen molar-refractivity contribution < 1.29 is 0 Å². The van der Waals surface area contributed by atoms with Gasteiger partial charge < -0.3 is 5.32 Å². The van der Waals surface area contributed by atoms with Gasteiger partial charge in [-0.25, -0.2) is 0 Å². The zero-order valence-electron chi connectivity index (χ0n) is 12.7. The van der Waals surface area contributed by atoms with E-state index in [4.69, 9.17) is 5.10 Å². The number of nitrogens with zero attached hydrogens (tertiary/aromatic N) is 2. The molecule has 3 nitrogen and oxygen atoms in total. The highest BCUT2D eigenvalue weighted by Gasteiger charge is 2.14. The number of hydrogen-bond acceptors (Lipinski definition) is 2. The van der Waals surface area contributed by atoms with Crippen molar-refractivity contribution in [2.75, 3.05) is 7.05 Å². The van der Waals surface area contributed by atoms with Gasteiger partial charge in [0.15, 0.2) is 0 Å². The lowest BCUT2D eigenvalue weighted by atomic mass is 10.1. The first-order valence-electron chi connectivity index (χ1n) is 7.35. The third kappa shape index (κ3) is 3.84. The van der Waals surface area contributed by atoms with Crippen molar-refractivity contribution in [1.29, 1.82) is 0 Å². The molecule has 0 spiro atoms. The van der Waals surface area contributed by atoms with Gasteiger partial charge in [0.05, 0.1) is 5.69 Å². The normalized spacial score (nSPS) is 11.4. The number of aromatic nitrogens is 2. The van der Waals surface area contributed by atoms with E-state index in [1.807, 2.05) is 7.05 Å². The average Bonchev–Trinajstić information content (AvgIpc) is 2.66. The van der Waals surface area contributed by atoms with Crippen molar-refractivity contribution in [3.63, 3.8) is 0 Å². The molecule has 0 atom stereocenters. The molecule has 1 aromatic heterocycles. The maximum absolute atomic E-state index is 4.79. The molecule has 0 aliphatic heterocycles. The molecule has 1 aromatic rings. The Labute approximate surface area is 112 Å². The molecule has 1 rings (SSSR count). The first-order valence-corrected chi connectivity index (χ1v) is 7.35. The fourth-order valence-corrected chi connectivity index (χ4v) is 2.48. The summed E-state index contributed by atoms with van der Waals surface area (Å²) in [5, 5.41) is 8.06. The zero-order valence-corrected chi connectivity index (χ0v) is 12.7. The van der Waals surface area contributed by atoms with E-state index in [-0.39, 0.29) is 0 Å². The van der Waals surface area contributed by atoms with Crippen molar-refractivity contribution in [3.8, 4) is 0 Å². The summed E-state index contributed by atoms with van der Waals surface area (Å²) < 4.78 is 2.24. The second-order valence-corrected chi connectivity index (χ2v) is 5.37. The highest BCUT2D eigenvalue weighted by molar-refractivity contribution is 5.26. The lowest BCUT2D eigenvalue weighted by molar-refractivity contribution is 0.479. The zero-order chi connectivity index (χ0) is 13.5. The van der Waals surface area contributed by atoms with Gasteiger partial charge in [0.2, 0.25) is 0 Å². The standard InChI is InChI=1S/C15H29N3/c1-6-14-13(11-16-5)15(7-2)18(17-14)10-8-9-12(3)4/h12,16H,6-11H2,1-5H3. The van der Waals surface area contributed by atoms with Crippen LogP contribution in [0.3, 0.4) is 0 Å². The summed E-state index contributed by atoms with van der Waals surface area (Å²) in [4.78, 5) is 0. The van der Waals surface area contributed by atoms with Crippen LogP contribution in [0.2, 0.25) is 0 Å². The Kier molecular flexibility index (Phi) is 6.41. The predicted octanol–water partition coefficient (Wildman–Crippen LogP) is 3.16. The Balaban J connectivity index is 2.83. The molecular formula is C15H29N3. The summed E-state index contributed by atoms with van der Waals surface area (Å²) in [6.45, 7) is 11.0. The maximum atomic E-state index is 4.79. The van der Waals surface area contributed by atoms with Gasteiger partial charge >= 0.3 is 0 Å². The van der Waals surface area contributed by atoms with Gasteiger partial charge in [-0.3, -0.25) is 4.68 Å². The van der Waals surface area contributed by atoms with Gasteiger partial charge in [0.1, 0.15) is 0 Å². The highest BCUT2D eigenvalue weighted by Crippen LogP contribution is 2.17. The predicted molar refractivity (Wildman–Crippen MR) is 77.8 cm³/mol. The second kappa shape index (κ2) is 7.57. The molecule has 0 aliphatic carbocycles. The molecule has 0 unspecified atom stereocenters. The van der Waals surface area contributed by atoms with Crippen LogP contribution in [0.15, 0.2) is 0 Å². The SMILES string of the molecule is CCc1nn(CCCC(C)C)c(CC)c1CNC. The Bertz CT molecular complexity index is 353. The lowest BCUT2D eigenvalue weighted by Crippen LogP contribution is -2.10. The highest BCUT2D eigenvalue weighted by atomic mass is 15.3. The lowest BCUT2D eigenvalue weighted by Gasteiger charge is -2.09. The minimum absolute atomic E-state index is 0.785. The molecule has 104 valence electrons. The van der Waals surface area contributed by atoms with E-state index in [9.17, 15) is 0 Å².